The van der Waals surface area contributed by atoms with Gasteiger partial charge in [0.2, 0.25) is 0 Å². The number of aldehydes is 1. The first-order valence-electron chi connectivity index (χ1n) is 5.64. The number of hydrogen-bond acceptors (Lipinski definition) is 5. The number of benzene rings is 2. The Hall–Kier alpha value is -2.53. The normalized spacial score (nSPS) is 9.95. The second-order valence-electron chi connectivity index (χ2n) is 3.88. The number of phenolic OH excluding ortho intramolecular Hbond substituents is 1. The maximum Gasteiger partial charge on any atom is 0.184 e. The Labute approximate surface area is 110 Å². The van der Waals surface area contributed by atoms with Crippen LogP contribution in [0.2, 0.25) is 0 Å². The highest BCUT2D eigenvalue weighted by Gasteiger charge is 2.12. The van der Waals surface area contributed by atoms with Crippen molar-refractivity contribution in [2.45, 2.75) is 6.61 Å². The van der Waals surface area contributed by atoms with Crippen molar-refractivity contribution in [3.63, 3.8) is 0 Å². The fourth-order valence-corrected chi connectivity index (χ4v) is 1.66. The largest absolute Gasteiger partial charge is 0.503 e. The first-order chi connectivity index (χ1) is 9.26. The van der Waals surface area contributed by atoms with Crippen LogP contribution in [0.25, 0.3) is 0 Å². The fourth-order valence-electron chi connectivity index (χ4n) is 1.66. The van der Waals surface area contributed by atoms with Crippen LogP contribution in [-0.4, -0.2) is 16.6 Å². The molecule has 0 aromatic heterocycles. The van der Waals surface area contributed by atoms with Gasteiger partial charge in [0.1, 0.15) is 12.3 Å². The molecule has 3 N–H and O–H groups in total. The summed E-state index contributed by atoms with van der Waals surface area (Å²) < 4.78 is 5.45. The summed E-state index contributed by atoms with van der Waals surface area (Å²) in [5, 5.41) is 18.8. The predicted molar refractivity (Wildman–Crippen MR) is 69.7 cm³/mol. The zero-order valence-corrected chi connectivity index (χ0v) is 10.0. The van der Waals surface area contributed by atoms with Gasteiger partial charge in [-0.3, -0.25) is 15.5 Å². The van der Waals surface area contributed by atoms with Gasteiger partial charge >= 0.3 is 0 Å². The molecule has 2 aromatic carbocycles. The minimum Gasteiger partial charge on any atom is -0.503 e. The van der Waals surface area contributed by atoms with Gasteiger partial charge in [0.15, 0.2) is 17.8 Å². The van der Waals surface area contributed by atoms with Gasteiger partial charge in [-0.15, -0.1) is 0 Å². The Morgan fingerprint density at radius 3 is 2.53 bits per heavy atom. The molecule has 98 valence electrons. The van der Waals surface area contributed by atoms with E-state index in [0.29, 0.717) is 6.29 Å². The molecule has 2 rings (SSSR count). The van der Waals surface area contributed by atoms with Gasteiger partial charge in [-0.05, 0) is 17.7 Å². The number of carbonyl (C=O) groups excluding carboxylic acids is 1. The molecule has 0 atom stereocenters. The third-order valence-electron chi connectivity index (χ3n) is 2.65. The summed E-state index contributed by atoms with van der Waals surface area (Å²) in [6.07, 6.45) is 0.527. The number of nitrogens with one attached hydrogen (secondary N) is 1. The lowest BCUT2D eigenvalue weighted by molar-refractivity contribution is 0.112. The second kappa shape index (κ2) is 5.88. The summed E-state index contributed by atoms with van der Waals surface area (Å²) in [7, 11) is 0. The van der Waals surface area contributed by atoms with Crippen LogP contribution in [0.3, 0.4) is 0 Å². The van der Waals surface area contributed by atoms with E-state index in [2.05, 4.69) is 0 Å². The third kappa shape index (κ3) is 2.83. The van der Waals surface area contributed by atoms with Crippen molar-refractivity contribution in [3.05, 3.63) is 53.6 Å². The van der Waals surface area contributed by atoms with Crippen LogP contribution in [0.5, 0.6) is 11.5 Å². The predicted octanol–water partition coefficient (Wildman–Crippen LogP) is 2.58. The summed E-state index contributed by atoms with van der Waals surface area (Å²) in [5.74, 6) is -0.117. The number of phenols is 1. The van der Waals surface area contributed by atoms with Crippen LogP contribution in [-0.2, 0) is 6.61 Å². The molecule has 0 unspecified atom stereocenters. The minimum absolute atomic E-state index is 0.0689. The molecule has 0 spiro atoms. The van der Waals surface area contributed by atoms with Crippen molar-refractivity contribution >= 4 is 12.0 Å². The van der Waals surface area contributed by atoms with Crippen molar-refractivity contribution < 1.29 is 19.8 Å². The number of carbonyl (C=O) groups is 1. The molecule has 0 aliphatic rings. The second-order valence-corrected chi connectivity index (χ2v) is 3.88. The van der Waals surface area contributed by atoms with Crippen molar-refractivity contribution in [1.29, 1.82) is 0 Å². The Morgan fingerprint density at radius 2 is 1.89 bits per heavy atom. The molecule has 0 amide bonds. The Kier molecular flexibility index (Phi) is 4.00. The molecule has 19 heavy (non-hydrogen) atoms. The summed E-state index contributed by atoms with van der Waals surface area (Å²) in [5.41, 5.74) is 2.81. The highest BCUT2D eigenvalue weighted by atomic mass is 16.5. The third-order valence-corrected chi connectivity index (χ3v) is 2.65. The van der Waals surface area contributed by atoms with E-state index in [4.69, 9.17) is 9.94 Å². The summed E-state index contributed by atoms with van der Waals surface area (Å²) >= 11 is 0. The number of anilines is 1. The van der Waals surface area contributed by atoms with E-state index < -0.39 is 0 Å². The molecular formula is C14H13NO4. The van der Waals surface area contributed by atoms with Gasteiger partial charge in [0, 0.05) is 5.56 Å². The molecule has 0 bridgehead atoms. The summed E-state index contributed by atoms with van der Waals surface area (Å²) in [4.78, 5) is 10.7. The molecule has 2 aromatic rings. The fraction of sp³-hybridized carbons (Fsp3) is 0.0714. The molecule has 0 aliphatic carbocycles. The van der Waals surface area contributed by atoms with Crippen LogP contribution in [0.1, 0.15) is 15.9 Å². The lowest BCUT2D eigenvalue weighted by Crippen LogP contribution is -2.00. The molecule has 0 aliphatic heterocycles. The van der Waals surface area contributed by atoms with Gasteiger partial charge in [0.05, 0.1) is 0 Å². The number of hydrogen-bond donors (Lipinski definition) is 3. The minimum atomic E-state index is -0.303. The quantitative estimate of drug-likeness (QED) is 0.437. The van der Waals surface area contributed by atoms with Gasteiger partial charge in [0.25, 0.3) is 0 Å². The number of rotatable bonds is 5. The van der Waals surface area contributed by atoms with E-state index in [1.54, 1.807) is 5.48 Å². The van der Waals surface area contributed by atoms with Crippen LogP contribution in [0, 0.1) is 0 Å². The molecule has 0 radical (unpaired) electrons. The maximum atomic E-state index is 10.7. The van der Waals surface area contributed by atoms with E-state index in [1.807, 2.05) is 30.3 Å². The van der Waals surface area contributed by atoms with Gasteiger partial charge in [-0.1, -0.05) is 30.3 Å². The zero-order valence-electron chi connectivity index (χ0n) is 10.0. The first-order valence-corrected chi connectivity index (χ1v) is 5.64. The Bertz CT molecular complexity index is 569. The smallest absolute Gasteiger partial charge is 0.184 e. The number of aromatic hydroxyl groups is 1. The molecule has 0 saturated carbocycles. The average molecular weight is 259 g/mol. The lowest BCUT2D eigenvalue weighted by Gasteiger charge is -2.12. The highest BCUT2D eigenvalue weighted by molar-refractivity contribution is 5.87. The highest BCUT2D eigenvalue weighted by Crippen LogP contribution is 2.36. The van der Waals surface area contributed by atoms with E-state index >= 15 is 0 Å². The zero-order chi connectivity index (χ0) is 13.7. The van der Waals surface area contributed by atoms with E-state index in [1.165, 1.54) is 12.1 Å². The van der Waals surface area contributed by atoms with Crippen molar-refractivity contribution in [2.24, 2.45) is 0 Å². The van der Waals surface area contributed by atoms with Crippen LogP contribution < -0.4 is 10.2 Å². The van der Waals surface area contributed by atoms with Crippen LogP contribution in [0.4, 0.5) is 5.69 Å². The van der Waals surface area contributed by atoms with Crippen LogP contribution >= 0.6 is 0 Å². The molecule has 0 heterocycles. The molecule has 5 heteroatoms. The van der Waals surface area contributed by atoms with Crippen LogP contribution in [0.15, 0.2) is 42.5 Å². The van der Waals surface area contributed by atoms with Crippen molar-refractivity contribution in [3.8, 4) is 11.5 Å². The average Bonchev–Trinajstić information content (AvgIpc) is 2.46. The Balaban J connectivity index is 2.19. The Morgan fingerprint density at radius 1 is 1.16 bits per heavy atom. The summed E-state index contributed by atoms with van der Waals surface area (Å²) in [6, 6.07) is 12.4. The van der Waals surface area contributed by atoms with Gasteiger partial charge in [-0.2, -0.15) is 0 Å². The topological polar surface area (TPSA) is 78.8 Å². The first kappa shape index (κ1) is 12.9. The SMILES string of the molecule is O=Cc1ccc(OCc2ccccc2)c(O)c1NO. The lowest BCUT2D eigenvalue weighted by atomic mass is 10.1. The van der Waals surface area contributed by atoms with Gasteiger partial charge in [-0.25, -0.2) is 0 Å². The standard InChI is InChI=1S/C14H13NO4/c16-8-11-6-7-12(14(17)13(11)15-18)19-9-10-4-2-1-3-5-10/h1-8,15,17-18H,9H2. The van der Waals surface area contributed by atoms with Gasteiger partial charge < -0.3 is 9.84 Å². The molecule has 0 saturated heterocycles. The van der Waals surface area contributed by atoms with Crippen molar-refractivity contribution in [1.82, 2.24) is 0 Å². The van der Waals surface area contributed by atoms with E-state index in [9.17, 15) is 9.90 Å². The van der Waals surface area contributed by atoms with E-state index in [0.717, 1.165) is 5.56 Å². The number of ether oxygens (including phenoxy) is 1. The monoisotopic (exact) mass is 259 g/mol. The molecule has 0 fully saturated rings. The molecule has 5 nitrogen and oxygen atoms in total. The van der Waals surface area contributed by atoms with E-state index in [-0.39, 0.29) is 29.4 Å². The maximum absolute atomic E-state index is 10.7. The van der Waals surface area contributed by atoms with Crippen molar-refractivity contribution in [2.75, 3.05) is 5.48 Å². The summed E-state index contributed by atoms with van der Waals surface area (Å²) in [6.45, 7) is 0.277. The molecular weight excluding hydrogens is 246 g/mol.